The van der Waals surface area contributed by atoms with Gasteiger partial charge in [0.2, 0.25) is 17.7 Å². The number of rotatable bonds is 15. The van der Waals surface area contributed by atoms with E-state index in [9.17, 15) is 24.3 Å². The molecule has 2 rings (SSSR count). The van der Waals surface area contributed by atoms with E-state index in [0.29, 0.717) is 6.42 Å². The summed E-state index contributed by atoms with van der Waals surface area (Å²) in [6, 6.07) is 4.22. The maximum absolute atomic E-state index is 13.3. The third kappa shape index (κ3) is 9.39. The van der Waals surface area contributed by atoms with Gasteiger partial charge >= 0.3 is 5.97 Å². The summed E-state index contributed by atoms with van der Waals surface area (Å²) in [4.78, 5) is 57.3. The molecule has 0 spiro atoms. The number of aliphatic imine (C=N–C) groups is 1. The van der Waals surface area contributed by atoms with Gasteiger partial charge in [0.05, 0.1) is 6.54 Å². The minimum absolute atomic E-state index is 0.0131. The summed E-state index contributed by atoms with van der Waals surface area (Å²) in [5.41, 5.74) is 17.7. The van der Waals surface area contributed by atoms with Gasteiger partial charge in [-0.3, -0.25) is 19.4 Å². The fourth-order valence-corrected chi connectivity index (χ4v) is 3.99. The number of carbonyl (C=O) groups is 4. The van der Waals surface area contributed by atoms with Gasteiger partial charge in [0, 0.05) is 30.1 Å². The molecule has 0 aliphatic carbocycles. The molecule has 2 aromatic rings. The Labute approximate surface area is 221 Å². The van der Waals surface area contributed by atoms with Crippen LogP contribution in [0.15, 0.2) is 35.5 Å². The minimum atomic E-state index is -1.17. The number of aliphatic carboxylic acids is 1. The predicted octanol–water partition coefficient (Wildman–Crippen LogP) is -0.692. The zero-order valence-electron chi connectivity index (χ0n) is 21.7. The highest BCUT2D eigenvalue weighted by molar-refractivity contribution is 5.94. The van der Waals surface area contributed by atoms with Gasteiger partial charge in [-0.2, -0.15) is 0 Å². The molecule has 38 heavy (non-hydrogen) atoms. The van der Waals surface area contributed by atoms with Gasteiger partial charge in [0.1, 0.15) is 18.1 Å². The Bertz CT molecular complexity index is 1140. The van der Waals surface area contributed by atoms with Crippen LogP contribution in [0.25, 0.3) is 10.9 Å². The van der Waals surface area contributed by atoms with Crippen LogP contribution >= 0.6 is 0 Å². The van der Waals surface area contributed by atoms with E-state index in [1.807, 2.05) is 38.1 Å². The van der Waals surface area contributed by atoms with Crippen LogP contribution in [0.2, 0.25) is 0 Å². The molecule has 0 bridgehead atoms. The fraction of sp³-hybridized carbons (Fsp3) is 0.480. The second-order valence-corrected chi connectivity index (χ2v) is 9.43. The van der Waals surface area contributed by atoms with Crippen LogP contribution in [-0.4, -0.2) is 71.0 Å². The SMILES string of the molecule is CC(C)CC(NC(=O)C(Cc1c[nH]c2ccccc12)NC(=O)C(CCCN=C(N)N)NC(=O)CN)C(=O)O. The smallest absolute Gasteiger partial charge is 0.326 e. The molecule has 3 unspecified atom stereocenters. The molecule has 0 saturated heterocycles. The van der Waals surface area contributed by atoms with Gasteiger partial charge in [0.15, 0.2) is 5.96 Å². The molecular weight excluding hydrogens is 492 g/mol. The molecule has 1 aromatic carbocycles. The number of nitrogens with one attached hydrogen (secondary N) is 4. The van der Waals surface area contributed by atoms with E-state index < -0.39 is 41.8 Å². The molecular formula is C25H38N8O5. The zero-order valence-corrected chi connectivity index (χ0v) is 21.7. The molecule has 0 aliphatic heterocycles. The number of aromatic amines is 1. The molecule has 0 aliphatic rings. The van der Waals surface area contributed by atoms with E-state index in [-0.39, 0.29) is 44.2 Å². The van der Waals surface area contributed by atoms with Crippen LogP contribution in [0.4, 0.5) is 0 Å². The summed E-state index contributed by atoms with van der Waals surface area (Å²) in [6.45, 7) is 3.60. The lowest BCUT2D eigenvalue weighted by molar-refractivity contribution is -0.142. The standard InChI is InChI=1S/C25H38N8O5/c1-14(2)10-20(24(37)38)33-23(36)19(11-15-13-30-17-7-4-3-6-16(15)17)32-22(35)18(31-21(34)12-26)8-5-9-29-25(27)28/h3-4,6-7,13-14,18-20,30H,5,8-12,26H2,1-2H3,(H,31,34)(H,32,35)(H,33,36)(H,37,38)(H4,27,28,29). The van der Waals surface area contributed by atoms with Crippen LogP contribution in [0.3, 0.4) is 0 Å². The first-order valence-corrected chi connectivity index (χ1v) is 12.4. The molecule has 0 radical (unpaired) electrons. The Morgan fingerprint density at radius 1 is 1.00 bits per heavy atom. The van der Waals surface area contributed by atoms with Gasteiger partial charge in [-0.25, -0.2) is 4.79 Å². The lowest BCUT2D eigenvalue weighted by atomic mass is 10.0. The number of hydrogen-bond donors (Lipinski definition) is 8. The maximum Gasteiger partial charge on any atom is 0.326 e. The molecule has 11 N–H and O–H groups in total. The van der Waals surface area contributed by atoms with Crippen LogP contribution in [0.1, 0.15) is 38.7 Å². The van der Waals surface area contributed by atoms with Crippen molar-refractivity contribution >= 4 is 40.6 Å². The highest BCUT2D eigenvalue weighted by Gasteiger charge is 2.30. The van der Waals surface area contributed by atoms with Crippen molar-refractivity contribution in [2.24, 2.45) is 28.1 Å². The predicted molar refractivity (Wildman–Crippen MR) is 144 cm³/mol. The van der Waals surface area contributed by atoms with Crippen molar-refractivity contribution in [2.45, 2.75) is 57.7 Å². The van der Waals surface area contributed by atoms with Gasteiger partial charge in [-0.1, -0.05) is 32.0 Å². The van der Waals surface area contributed by atoms with E-state index >= 15 is 0 Å². The number of fused-ring (bicyclic) bond motifs is 1. The number of benzene rings is 1. The highest BCUT2D eigenvalue weighted by Crippen LogP contribution is 2.19. The number of carboxylic acid groups (broad SMARTS) is 1. The Hall–Kier alpha value is -4.13. The van der Waals surface area contributed by atoms with Gasteiger partial charge in [-0.15, -0.1) is 0 Å². The second kappa shape index (κ2) is 14.6. The van der Waals surface area contributed by atoms with Crippen molar-refractivity contribution in [3.63, 3.8) is 0 Å². The maximum atomic E-state index is 13.3. The average molecular weight is 531 g/mol. The third-order valence-electron chi connectivity index (χ3n) is 5.84. The monoisotopic (exact) mass is 530 g/mol. The van der Waals surface area contributed by atoms with Crippen molar-refractivity contribution in [3.8, 4) is 0 Å². The summed E-state index contributed by atoms with van der Waals surface area (Å²) in [6.07, 6.45) is 2.59. The molecule has 13 heteroatoms. The number of nitrogens with zero attached hydrogens (tertiary/aromatic N) is 1. The summed E-state index contributed by atoms with van der Waals surface area (Å²) >= 11 is 0. The number of carbonyl (C=O) groups excluding carboxylic acids is 3. The normalized spacial score (nSPS) is 13.4. The summed E-state index contributed by atoms with van der Waals surface area (Å²) in [7, 11) is 0. The molecule has 208 valence electrons. The number of amides is 3. The summed E-state index contributed by atoms with van der Waals surface area (Å²) in [5.74, 6) is -3.07. The number of para-hydroxylation sites is 1. The molecule has 1 heterocycles. The Balaban J connectivity index is 2.29. The number of guanidine groups is 1. The number of hydrogen-bond acceptors (Lipinski definition) is 6. The molecule has 0 fully saturated rings. The van der Waals surface area contributed by atoms with E-state index in [4.69, 9.17) is 17.2 Å². The van der Waals surface area contributed by atoms with Crippen molar-refractivity contribution < 1.29 is 24.3 Å². The zero-order chi connectivity index (χ0) is 28.2. The second-order valence-electron chi connectivity index (χ2n) is 9.43. The van der Waals surface area contributed by atoms with Gasteiger partial charge in [-0.05, 0) is 36.8 Å². The summed E-state index contributed by atoms with van der Waals surface area (Å²) in [5, 5.41) is 18.3. The molecule has 1 aromatic heterocycles. The molecule has 3 atom stereocenters. The Morgan fingerprint density at radius 2 is 1.66 bits per heavy atom. The summed E-state index contributed by atoms with van der Waals surface area (Å²) < 4.78 is 0. The first-order valence-electron chi connectivity index (χ1n) is 12.4. The van der Waals surface area contributed by atoms with Gasteiger partial charge in [0.25, 0.3) is 0 Å². The number of H-pyrrole nitrogens is 1. The first-order chi connectivity index (χ1) is 18.0. The highest BCUT2D eigenvalue weighted by atomic mass is 16.4. The van der Waals surface area contributed by atoms with E-state index in [1.165, 1.54) is 0 Å². The molecule has 3 amide bonds. The van der Waals surface area contributed by atoms with Crippen molar-refractivity contribution in [2.75, 3.05) is 13.1 Å². The molecule has 13 nitrogen and oxygen atoms in total. The van der Waals surface area contributed by atoms with E-state index in [0.717, 1.165) is 16.5 Å². The van der Waals surface area contributed by atoms with Gasteiger partial charge < -0.3 is 43.2 Å². The van der Waals surface area contributed by atoms with Crippen LogP contribution in [-0.2, 0) is 25.6 Å². The largest absolute Gasteiger partial charge is 0.480 e. The lowest BCUT2D eigenvalue weighted by Crippen LogP contribution is -2.57. The Kier molecular flexibility index (Phi) is 11.5. The number of aromatic nitrogens is 1. The number of carboxylic acids is 1. The third-order valence-corrected chi connectivity index (χ3v) is 5.84. The lowest BCUT2D eigenvalue weighted by Gasteiger charge is -2.25. The minimum Gasteiger partial charge on any atom is -0.480 e. The van der Waals surface area contributed by atoms with Crippen LogP contribution in [0, 0.1) is 5.92 Å². The average Bonchev–Trinajstić information content (AvgIpc) is 3.27. The fourth-order valence-electron chi connectivity index (χ4n) is 3.99. The van der Waals surface area contributed by atoms with Crippen molar-refractivity contribution in [1.82, 2.24) is 20.9 Å². The van der Waals surface area contributed by atoms with E-state index in [1.54, 1.807) is 6.20 Å². The van der Waals surface area contributed by atoms with Crippen LogP contribution < -0.4 is 33.2 Å². The first kappa shape index (κ1) is 30.1. The number of nitrogens with two attached hydrogens (primary N) is 3. The van der Waals surface area contributed by atoms with Crippen molar-refractivity contribution in [3.05, 3.63) is 36.0 Å². The van der Waals surface area contributed by atoms with Crippen molar-refractivity contribution in [1.29, 1.82) is 0 Å². The quantitative estimate of drug-likeness (QED) is 0.0832. The Morgan fingerprint density at radius 3 is 2.29 bits per heavy atom. The van der Waals surface area contributed by atoms with Crippen LogP contribution in [0.5, 0.6) is 0 Å². The molecule has 0 saturated carbocycles. The van der Waals surface area contributed by atoms with E-state index in [2.05, 4.69) is 25.9 Å². The topological polar surface area (TPSA) is 231 Å².